The highest BCUT2D eigenvalue weighted by atomic mass is 16.5. The van der Waals surface area contributed by atoms with Gasteiger partial charge in [0, 0.05) is 25.3 Å². The van der Waals surface area contributed by atoms with Crippen LogP contribution in [0.2, 0.25) is 0 Å². The smallest absolute Gasteiger partial charge is 0.339 e. The molecule has 0 spiro atoms. The second-order valence-corrected chi connectivity index (χ2v) is 4.06. The average molecular weight is 237 g/mol. The topological polar surface area (TPSA) is 49.8 Å². The lowest BCUT2D eigenvalue weighted by Crippen LogP contribution is -2.20. The first-order valence-corrected chi connectivity index (χ1v) is 5.60. The summed E-state index contributed by atoms with van der Waals surface area (Å²) in [6, 6.07) is 5.63. The van der Waals surface area contributed by atoms with Crippen LogP contribution < -0.4 is 4.90 Å². The highest BCUT2D eigenvalue weighted by Gasteiger charge is 2.24. The van der Waals surface area contributed by atoms with Crippen molar-refractivity contribution in [1.82, 2.24) is 0 Å². The number of aliphatic hydroxyl groups is 1. The maximum Gasteiger partial charge on any atom is 0.339 e. The minimum Gasteiger partial charge on any atom is -0.464 e. The van der Waals surface area contributed by atoms with E-state index in [1.165, 1.54) is 0 Å². The van der Waals surface area contributed by atoms with E-state index in [1.54, 1.807) is 6.92 Å². The molecule has 0 aromatic heterocycles. The van der Waals surface area contributed by atoms with Crippen molar-refractivity contribution in [2.45, 2.75) is 20.0 Å². The summed E-state index contributed by atoms with van der Waals surface area (Å²) in [7, 11) is 3.74. The van der Waals surface area contributed by atoms with Crippen LogP contribution in [0.5, 0.6) is 0 Å². The molecule has 0 aliphatic carbocycles. The SMILES string of the molecule is CCOC(=O)C(O)c1c(C)cccc1N(C)C. The van der Waals surface area contributed by atoms with Gasteiger partial charge in [-0.15, -0.1) is 0 Å². The molecular formula is C13H19NO3. The highest BCUT2D eigenvalue weighted by molar-refractivity contribution is 5.79. The Morgan fingerprint density at radius 2 is 2.12 bits per heavy atom. The fourth-order valence-electron chi connectivity index (χ4n) is 1.75. The molecule has 0 saturated heterocycles. The van der Waals surface area contributed by atoms with Gasteiger partial charge in [-0.25, -0.2) is 4.79 Å². The summed E-state index contributed by atoms with van der Waals surface area (Å²) >= 11 is 0. The lowest BCUT2D eigenvalue weighted by Gasteiger charge is -2.21. The molecule has 0 aliphatic heterocycles. The predicted molar refractivity (Wildman–Crippen MR) is 67.1 cm³/mol. The van der Waals surface area contributed by atoms with E-state index >= 15 is 0 Å². The molecule has 0 saturated carbocycles. The van der Waals surface area contributed by atoms with Crippen LogP contribution in [0.3, 0.4) is 0 Å². The number of anilines is 1. The molecule has 0 fully saturated rings. The van der Waals surface area contributed by atoms with Crippen LogP contribution in [0.25, 0.3) is 0 Å². The molecule has 1 aromatic rings. The van der Waals surface area contributed by atoms with Crippen LogP contribution in [0, 0.1) is 6.92 Å². The number of carbonyl (C=O) groups excluding carboxylic acids is 1. The summed E-state index contributed by atoms with van der Waals surface area (Å²) in [5.74, 6) is -0.607. The lowest BCUT2D eigenvalue weighted by atomic mass is 10.0. The van der Waals surface area contributed by atoms with Gasteiger partial charge < -0.3 is 14.7 Å². The maximum absolute atomic E-state index is 11.6. The zero-order chi connectivity index (χ0) is 13.0. The Kier molecular flexibility index (Phi) is 4.52. The van der Waals surface area contributed by atoms with Gasteiger partial charge in [0.05, 0.1) is 6.61 Å². The zero-order valence-electron chi connectivity index (χ0n) is 10.7. The third kappa shape index (κ3) is 2.97. The van der Waals surface area contributed by atoms with Gasteiger partial charge >= 0.3 is 5.97 Å². The number of hydrogen-bond donors (Lipinski definition) is 1. The summed E-state index contributed by atoms with van der Waals surface area (Å²) in [6.45, 7) is 3.85. The molecule has 94 valence electrons. The Hall–Kier alpha value is -1.55. The monoisotopic (exact) mass is 237 g/mol. The van der Waals surface area contributed by atoms with Gasteiger partial charge in [0.15, 0.2) is 6.10 Å². The molecular weight excluding hydrogens is 218 g/mol. The van der Waals surface area contributed by atoms with Crippen molar-refractivity contribution in [3.8, 4) is 0 Å². The summed E-state index contributed by atoms with van der Waals surface area (Å²) in [5.41, 5.74) is 2.30. The van der Waals surface area contributed by atoms with Crippen molar-refractivity contribution < 1.29 is 14.6 Å². The molecule has 4 nitrogen and oxygen atoms in total. The number of hydrogen-bond acceptors (Lipinski definition) is 4. The van der Waals surface area contributed by atoms with Crippen LogP contribution in [-0.4, -0.2) is 31.8 Å². The molecule has 1 aromatic carbocycles. The third-order valence-corrected chi connectivity index (χ3v) is 2.57. The zero-order valence-corrected chi connectivity index (χ0v) is 10.7. The summed E-state index contributed by atoms with van der Waals surface area (Å²) in [5, 5.41) is 10.0. The van der Waals surface area contributed by atoms with E-state index in [0.717, 1.165) is 11.3 Å². The van der Waals surface area contributed by atoms with Gasteiger partial charge in [0.2, 0.25) is 0 Å². The van der Waals surface area contributed by atoms with Crippen LogP contribution in [0.4, 0.5) is 5.69 Å². The number of aryl methyl sites for hydroxylation is 1. The second-order valence-electron chi connectivity index (χ2n) is 4.06. The average Bonchev–Trinajstić information content (AvgIpc) is 2.28. The second kappa shape index (κ2) is 5.68. The standard InChI is InChI=1S/C13H19NO3/c1-5-17-13(16)12(15)11-9(2)7-6-8-10(11)14(3)4/h6-8,12,15H,5H2,1-4H3. The molecule has 0 heterocycles. The largest absolute Gasteiger partial charge is 0.464 e. The first kappa shape index (κ1) is 13.5. The molecule has 4 heteroatoms. The van der Waals surface area contributed by atoms with Crippen molar-refractivity contribution in [3.63, 3.8) is 0 Å². The van der Waals surface area contributed by atoms with Gasteiger partial charge in [-0.3, -0.25) is 0 Å². The Bertz CT molecular complexity index is 402. The minimum absolute atomic E-state index is 0.263. The van der Waals surface area contributed by atoms with E-state index in [4.69, 9.17) is 4.74 Å². The van der Waals surface area contributed by atoms with E-state index in [2.05, 4.69) is 0 Å². The molecule has 1 rings (SSSR count). The molecule has 17 heavy (non-hydrogen) atoms. The van der Waals surface area contributed by atoms with Crippen molar-refractivity contribution in [2.75, 3.05) is 25.6 Å². The number of nitrogens with zero attached hydrogens (tertiary/aromatic N) is 1. The highest BCUT2D eigenvalue weighted by Crippen LogP contribution is 2.29. The molecule has 0 bridgehead atoms. The van der Waals surface area contributed by atoms with E-state index in [1.807, 2.05) is 44.1 Å². The predicted octanol–water partition coefficient (Wildman–Crippen LogP) is 1.66. The molecule has 1 atom stereocenters. The number of carbonyl (C=O) groups is 1. The molecule has 0 amide bonds. The van der Waals surface area contributed by atoms with Gasteiger partial charge in [0.1, 0.15) is 0 Å². The van der Waals surface area contributed by atoms with E-state index < -0.39 is 12.1 Å². The Morgan fingerprint density at radius 1 is 1.47 bits per heavy atom. The lowest BCUT2D eigenvalue weighted by molar-refractivity contribution is -0.153. The van der Waals surface area contributed by atoms with Crippen molar-refractivity contribution in [1.29, 1.82) is 0 Å². The quantitative estimate of drug-likeness (QED) is 0.809. The molecule has 0 radical (unpaired) electrons. The Balaban J connectivity index is 3.15. The van der Waals surface area contributed by atoms with Gasteiger partial charge in [-0.1, -0.05) is 12.1 Å². The van der Waals surface area contributed by atoms with E-state index in [0.29, 0.717) is 5.56 Å². The Morgan fingerprint density at radius 3 is 2.65 bits per heavy atom. The first-order chi connectivity index (χ1) is 7.99. The van der Waals surface area contributed by atoms with E-state index in [9.17, 15) is 9.90 Å². The summed E-state index contributed by atoms with van der Waals surface area (Å²) in [6.07, 6.45) is -1.23. The number of aliphatic hydroxyl groups excluding tert-OH is 1. The molecule has 1 N–H and O–H groups in total. The number of ether oxygens (including phenoxy) is 1. The number of esters is 1. The normalized spacial score (nSPS) is 12.1. The third-order valence-electron chi connectivity index (χ3n) is 2.57. The fraction of sp³-hybridized carbons (Fsp3) is 0.462. The summed E-state index contributed by atoms with van der Waals surface area (Å²) < 4.78 is 4.84. The van der Waals surface area contributed by atoms with Crippen molar-refractivity contribution >= 4 is 11.7 Å². The van der Waals surface area contributed by atoms with Crippen molar-refractivity contribution in [3.05, 3.63) is 29.3 Å². The van der Waals surface area contributed by atoms with Crippen molar-refractivity contribution in [2.24, 2.45) is 0 Å². The van der Waals surface area contributed by atoms with Crippen LogP contribution in [-0.2, 0) is 9.53 Å². The van der Waals surface area contributed by atoms with E-state index in [-0.39, 0.29) is 6.61 Å². The molecule has 0 aliphatic rings. The number of benzene rings is 1. The van der Waals surface area contributed by atoms with Crippen LogP contribution in [0.15, 0.2) is 18.2 Å². The van der Waals surface area contributed by atoms with Crippen LogP contribution >= 0.6 is 0 Å². The first-order valence-electron chi connectivity index (χ1n) is 5.60. The fourth-order valence-corrected chi connectivity index (χ4v) is 1.75. The van der Waals surface area contributed by atoms with Crippen LogP contribution in [0.1, 0.15) is 24.2 Å². The maximum atomic E-state index is 11.6. The van der Waals surface area contributed by atoms with Gasteiger partial charge in [-0.2, -0.15) is 0 Å². The Labute approximate surface area is 102 Å². The van der Waals surface area contributed by atoms with Gasteiger partial charge in [-0.05, 0) is 25.5 Å². The minimum atomic E-state index is -1.23. The number of rotatable bonds is 4. The molecule has 1 unspecified atom stereocenters. The van der Waals surface area contributed by atoms with Gasteiger partial charge in [0.25, 0.3) is 0 Å². The summed E-state index contributed by atoms with van der Waals surface area (Å²) in [4.78, 5) is 13.4.